The quantitative estimate of drug-likeness (QED) is 0.355. The smallest absolute Gasteiger partial charge is 0.407 e. The highest BCUT2D eigenvalue weighted by Gasteiger charge is 2.22. The first-order valence-electron chi connectivity index (χ1n) is 13.2. The third-order valence-corrected chi connectivity index (χ3v) is 7.69. The van der Waals surface area contributed by atoms with Crippen LogP contribution in [-0.2, 0) is 30.7 Å². The maximum absolute atomic E-state index is 13.6. The summed E-state index contributed by atoms with van der Waals surface area (Å²) in [6, 6.07) is 18.2. The standard InChI is InChI=1S/C31H38N2O3S/c1-21(2)33(20-27-18-25-11-6-7-15-28(25)37-27)29(34)26-14-9-13-24(17-26)23-12-8-10-22(16-23)19-32-30(35)36-31(3,4)5/h8-10,12-14,16-18,21H,6-7,11,15,19-20H2,1-5H3,(H,32,35). The molecule has 2 amide bonds. The number of nitrogens with one attached hydrogen (secondary N) is 1. The van der Waals surface area contributed by atoms with Gasteiger partial charge in [-0.05, 0) is 107 Å². The van der Waals surface area contributed by atoms with Crippen LogP contribution in [-0.4, -0.2) is 28.5 Å². The van der Waals surface area contributed by atoms with Crippen LogP contribution in [0.3, 0.4) is 0 Å². The van der Waals surface area contributed by atoms with E-state index in [1.165, 1.54) is 34.6 Å². The van der Waals surface area contributed by atoms with Crippen molar-refractivity contribution >= 4 is 23.3 Å². The average molecular weight is 519 g/mol. The Kier molecular flexibility index (Phi) is 8.38. The molecule has 0 unspecified atom stereocenters. The van der Waals surface area contributed by atoms with Crippen LogP contribution < -0.4 is 5.32 Å². The van der Waals surface area contributed by atoms with Crippen molar-refractivity contribution in [2.75, 3.05) is 0 Å². The summed E-state index contributed by atoms with van der Waals surface area (Å²) in [5, 5.41) is 2.81. The van der Waals surface area contributed by atoms with Gasteiger partial charge < -0.3 is 15.0 Å². The molecule has 0 radical (unpaired) electrons. The number of rotatable bonds is 7. The van der Waals surface area contributed by atoms with E-state index in [4.69, 9.17) is 4.74 Å². The van der Waals surface area contributed by atoms with E-state index in [2.05, 4.69) is 25.2 Å². The summed E-state index contributed by atoms with van der Waals surface area (Å²) < 4.78 is 5.33. The van der Waals surface area contributed by atoms with E-state index in [-0.39, 0.29) is 11.9 Å². The summed E-state index contributed by atoms with van der Waals surface area (Å²) in [4.78, 5) is 30.4. The van der Waals surface area contributed by atoms with Gasteiger partial charge in [0.05, 0.1) is 6.54 Å². The van der Waals surface area contributed by atoms with Crippen LogP contribution >= 0.6 is 11.3 Å². The molecule has 1 heterocycles. The molecule has 2 aromatic carbocycles. The predicted molar refractivity (Wildman–Crippen MR) is 151 cm³/mol. The first-order valence-corrected chi connectivity index (χ1v) is 14.0. The second kappa shape index (κ2) is 11.5. The molecule has 1 aromatic heterocycles. The minimum absolute atomic E-state index is 0.0472. The van der Waals surface area contributed by atoms with Crippen LogP contribution in [0.5, 0.6) is 0 Å². The molecule has 0 bridgehead atoms. The SMILES string of the molecule is CC(C)N(Cc1cc2c(s1)CCCC2)C(=O)c1cccc(-c2cccc(CNC(=O)OC(C)(C)C)c2)c1. The zero-order valence-corrected chi connectivity index (χ0v) is 23.4. The molecule has 6 heteroatoms. The van der Waals surface area contributed by atoms with Crippen LogP contribution in [0.15, 0.2) is 54.6 Å². The third-order valence-electron chi connectivity index (χ3n) is 6.46. The summed E-state index contributed by atoms with van der Waals surface area (Å²) in [5.41, 5.74) is 4.56. The summed E-state index contributed by atoms with van der Waals surface area (Å²) >= 11 is 1.87. The first kappa shape index (κ1) is 26.9. The topological polar surface area (TPSA) is 58.6 Å². The normalized spacial score (nSPS) is 13.2. The number of carbonyl (C=O) groups is 2. The van der Waals surface area contributed by atoms with E-state index >= 15 is 0 Å². The maximum Gasteiger partial charge on any atom is 0.407 e. The summed E-state index contributed by atoms with van der Waals surface area (Å²) in [5.74, 6) is 0.0472. The monoisotopic (exact) mass is 518 g/mol. The van der Waals surface area contributed by atoms with Crippen LogP contribution in [0.25, 0.3) is 11.1 Å². The van der Waals surface area contributed by atoms with Gasteiger partial charge in [-0.15, -0.1) is 11.3 Å². The van der Waals surface area contributed by atoms with Crippen molar-refractivity contribution in [1.29, 1.82) is 0 Å². The minimum Gasteiger partial charge on any atom is -0.444 e. The zero-order chi connectivity index (χ0) is 26.6. The maximum atomic E-state index is 13.6. The minimum atomic E-state index is -0.536. The number of thiophene rings is 1. The van der Waals surface area contributed by atoms with Crippen LogP contribution in [0, 0.1) is 0 Å². The van der Waals surface area contributed by atoms with Gasteiger partial charge in [0, 0.05) is 27.9 Å². The van der Waals surface area contributed by atoms with Crippen molar-refractivity contribution < 1.29 is 14.3 Å². The highest BCUT2D eigenvalue weighted by Crippen LogP contribution is 2.31. The number of benzene rings is 2. The molecule has 0 aliphatic heterocycles. The van der Waals surface area contributed by atoms with E-state index in [1.54, 1.807) is 0 Å². The Morgan fingerprint density at radius 3 is 2.41 bits per heavy atom. The Labute approximate surface area is 224 Å². The summed E-state index contributed by atoms with van der Waals surface area (Å²) in [6.07, 6.45) is 4.43. The highest BCUT2D eigenvalue weighted by atomic mass is 32.1. The molecular formula is C31H38N2O3S. The summed E-state index contributed by atoms with van der Waals surface area (Å²) in [7, 11) is 0. The van der Waals surface area contributed by atoms with E-state index < -0.39 is 11.7 Å². The molecule has 1 aliphatic rings. The van der Waals surface area contributed by atoms with E-state index in [9.17, 15) is 9.59 Å². The van der Waals surface area contributed by atoms with Crippen molar-refractivity contribution in [2.45, 2.75) is 85.0 Å². The van der Waals surface area contributed by atoms with Crippen molar-refractivity contribution in [3.63, 3.8) is 0 Å². The number of hydrogen-bond donors (Lipinski definition) is 1. The van der Waals surface area contributed by atoms with Crippen molar-refractivity contribution in [3.05, 3.63) is 81.0 Å². The summed E-state index contributed by atoms with van der Waals surface area (Å²) in [6.45, 7) is 10.7. The second-order valence-corrected chi connectivity index (χ2v) is 12.3. The van der Waals surface area contributed by atoms with Gasteiger partial charge in [0.25, 0.3) is 5.91 Å². The van der Waals surface area contributed by atoms with Gasteiger partial charge in [0.2, 0.25) is 0 Å². The molecular weight excluding hydrogens is 480 g/mol. The lowest BCUT2D eigenvalue weighted by Crippen LogP contribution is -2.36. The second-order valence-electron chi connectivity index (χ2n) is 11.0. The fourth-order valence-electron chi connectivity index (χ4n) is 4.63. The number of amides is 2. The zero-order valence-electron chi connectivity index (χ0n) is 22.6. The van der Waals surface area contributed by atoms with Crippen molar-refractivity contribution in [2.24, 2.45) is 0 Å². The van der Waals surface area contributed by atoms with Gasteiger partial charge in [-0.1, -0.05) is 30.3 Å². The fraction of sp³-hybridized carbons (Fsp3) is 0.419. The Morgan fingerprint density at radius 2 is 1.70 bits per heavy atom. The first-order chi connectivity index (χ1) is 17.6. The number of alkyl carbamates (subject to hydrolysis) is 1. The molecule has 1 N–H and O–H groups in total. The average Bonchev–Trinajstić information content (AvgIpc) is 3.27. The number of ether oxygens (including phenoxy) is 1. The van der Waals surface area contributed by atoms with Crippen LogP contribution in [0.1, 0.15) is 78.7 Å². The molecule has 1 aliphatic carbocycles. The van der Waals surface area contributed by atoms with Gasteiger partial charge in [-0.2, -0.15) is 0 Å². The van der Waals surface area contributed by atoms with Gasteiger partial charge >= 0.3 is 6.09 Å². The highest BCUT2D eigenvalue weighted by molar-refractivity contribution is 7.12. The molecule has 4 rings (SSSR count). The molecule has 5 nitrogen and oxygen atoms in total. The van der Waals surface area contributed by atoms with Gasteiger partial charge in [0.1, 0.15) is 5.60 Å². The molecule has 196 valence electrons. The lowest BCUT2D eigenvalue weighted by Gasteiger charge is -2.26. The number of nitrogens with zero attached hydrogens (tertiary/aromatic N) is 1. The largest absolute Gasteiger partial charge is 0.444 e. The Hall–Kier alpha value is -3.12. The van der Waals surface area contributed by atoms with Gasteiger partial charge in [-0.3, -0.25) is 4.79 Å². The Morgan fingerprint density at radius 1 is 1.00 bits per heavy atom. The lowest BCUT2D eigenvalue weighted by molar-refractivity contribution is 0.0523. The van der Waals surface area contributed by atoms with E-state index in [1.807, 2.05) is 85.5 Å². The molecule has 37 heavy (non-hydrogen) atoms. The van der Waals surface area contributed by atoms with Crippen LogP contribution in [0.4, 0.5) is 4.79 Å². The number of aryl methyl sites for hydroxylation is 2. The number of hydrogen-bond acceptors (Lipinski definition) is 4. The molecule has 0 atom stereocenters. The Bertz CT molecular complexity index is 1230. The van der Waals surface area contributed by atoms with Crippen LogP contribution in [0.2, 0.25) is 0 Å². The third kappa shape index (κ3) is 7.22. The fourth-order valence-corrected chi connectivity index (χ4v) is 5.89. The van der Waals surface area contributed by atoms with E-state index in [0.29, 0.717) is 18.7 Å². The molecule has 0 saturated heterocycles. The molecule has 0 saturated carbocycles. The van der Waals surface area contributed by atoms with Crippen molar-refractivity contribution in [3.8, 4) is 11.1 Å². The Balaban J connectivity index is 1.48. The molecule has 0 spiro atoms. The van der Waals surface area contributed by atoms with Crippen molar-refractivity contribution in [1.82, 2.24) is 10.2 Å². The number of fused-ring (bicyclic) bond motifs is 1. The van der Waals surface area contributed by atoms with Gasteiger partial charge in [0.15, 0.2) is 0 Å². The lowest BCUT2D eigenvalue weighted by atomic mass is 9.99. The van der Waals surface area contributed by atoms with Gasteiger partial charge in [-0.25, -0.2) is 4.79 Å². The predicted octanol–water partition coefficient (Wildman–Crippen LogP) is 7.37. The number of carbonyl (C=O) groups excluding carboxylic acids is 2. The molecule has 3 aromatic rings. The van der Waals surface area contributed by atoms with E-state index in [0.717, 1.165) is 23.1 Å². The molecule has 0 fully saturated rings.